The quantitative estimate of drug-likeness (QED) is 0.635. The zero-order valence-corrected chi connectivity index (χ0v) is 16.3. The minimum Gasteiger partial charge on any atom is -0.497 e. The van der Waals surface area contributed by atoms with Gasteiger partial charge in [0, 0.05) is 24.5 Å². The number of benzene rings is 2. The van der Waals surface area contributed by atoms with E-state index in [9.17, 15) is 10.1 Å². The third kappa shape index (κ3) is 3.67. The monoisotopic (exact) mass is 389 g/mol. The summed E-state index contributed by atoms with van der Waals surface area (Å²) in [6.45, 7) is 1.37. The molecule has 4 rings (SSSR count). The summed E-state index contributed by atoms with van der Waals surface area (Å²) < 4.78 is 5.25. The number of nitriles is 1. The largest absolute Gasteiger partial charge is 0.497 e. The summed E-state index contributed by atoms with van der Waals surface area (Å²) in [5.74, 6) is 1.04. The minimum atomic E-state index is 0.0657. The lowest BCUT2D eigenvalue weighted by Crippen LogP contribution is -2.37. The van der Waals surface area contributed by atoms with Gasteiger partial charge in [0.05, 0.1) is 23.9 Å². The fourth-order valence-corrected chi connectivity index (χ4v) is 4.24. The standard InChI is InChI=1S/C22H19N3O2S/c1-27-19-7-6-16-10-18(12-23)22(24-20(16)11-19)28-14-21(26)25-9-8-15-4-2-3-5-17(15)13-25/h2-7,10-11H,8-9,13-14H2,1H3. The number of aromatic nitrogens is 1. The van der Waals surface area contributed by atoms with E-state index in [0.29, 0.717) is 22.9 Å². The van der Waals surface area contributed by atoms with Gasteiger partial charge in [-0.05, 0) is 35.7 Å². The molecule has 6 heteroatoms. The third-order valence-electron chi connectivity index (χ3n) is 4.93. The Morgan fingerprint density at radius 1 is 1.25 bits per heavy atom. The topological polar surface area (TPSA) is 66.2 Å². The van der Waals surface area contributed by atoms with Crippen molar-refractivity contribution in [2.24, 2.45) is 0 Å². The van der Waals surface area contributed by atoms with Crippen molar-refractivity contribution in [2.45, 2.75) is 18.0 Å². The Morgan fingerprint density at radius 2 is 2.07 bits per heavy atom. The SMILES string of the molecule is COc1ccc2cc(C#N)c(SCC(=O)N3CCc4ccccc4C3)nc2c1. The minimum absolute atomic E-state index is 0.0657. The van der Waals surface area contributed by atoms with Crippen LogP contribution in [0.3, 0.4) is 0 Å². The van der Waals surface area contributed by atoms with Crippen LogP contribution in [0.4, 0.5) is 0 Å². The van der Waals surface area contributed by atoms with Gasteiger partial charge in [-0.25, -0.2) is 4.98 Å². The summed E-state index contributed by atoms with van der Waals surface area (Å²) in [5, 5.41) is 10.9. The summed E-state index contributed by atoms with van der Waals surface area (Å²) in [4.78, 5) is 19.2. The number of nitrogens with zero attached hydrogens (tertiary/aromatic N) is 3. The van der Waals surface area contributed by atoms with Crippen LogP contribution < -0.4 is 4.74 Å². The lowest BCUT2D eigenvalue weighted by Gasteiger charge is -2.28. The molecule has 0 N–H and O–H groups in total. The number of rotatable bonds is 4. The first-order valence-corrected chi connectivity index (χ1v) is 10.0. The average molecular weight is 389 g/mol. The van der Waals surface area contributed by atoms with Gasteiger partial charge < -0.3 is 9.64 Å². The van der Waals surface area contributed by atoms with Crippen molar-refractivity contribution in [3.05, 3.63) is 65.2 Å². The summed E-state index contributed by atoms with van der Waals surface area (Å²) >= 11 is 1.32. The van der Waals surface area contributed by atoms with E-state index in [2.05, 4.69) is 23.2 Å². The van der Waals surface area contributed by atoms with Crippen LogP contribution in [0.25, 0.3) is 10.9 Å². The summed E-state index contributed by atoms with van der Waals surface area (Å²) in [7, 11) is 1.61. The van der Waals surface area contributed by atoms with E-state index in [0.717, 1.165) is 23.9 Å². The van der Waals surface area contributed by atoms with Crippen LogP contribution >= 0.6 is 11.8 Å². The Morgan fingerprint density at radius 3 is 2.86 bits per heavy atom. The molecule has 1 aliphatic heterocycles. The number of carbonyl (C=O) groups is 1. The highest BCUT2D eigenvalue weighted by Gasteiger charge is 2.21. The van der Waals surface area contributed by atoms with E-state index in [1.807, 2.05) is 41.3 Å². The van der Waals surface area contributed by atoms with Gasteiger partial charge in [0.2, 0.25) is 5.91 Å². The molecule has 1 aliphatic rings. The smallest absolute Gasteiger partial charge is 0.233 e. The van der Waals surface area contributed by atoms with Gasteiger partial charge in [-0.1, -0.05) is 36.0 Å². The Bertz CT molecular complexity index is 1090. The average Bonchev–Trinajstić information content (AvgIpc) is 2.75. The van der Waals surface area contributed by atoms with Crippen LogP contribution in [-0.2, 0) is 17.8 Å². The number of fused-ring (bicyclic) bond motifs is 2. The van der Waals surface area contributed by atoms with Gasteiger partial charge in [0.1, 0.15) is 16.8 Å². The molecule has 140 valence electrons. The van der Waals surface area contributed by atoms with Crippen molar-refractivity contribution in [1.29, 1.82) is 5.26 Å². The first kappa shape index (κ1) is 18.3. The Balaban J connectivity index is 1.50. The highest BCUT2D eigenvalue weighted by atomic mass is 32.2. The van der Waals surface area contributed by atoms with Crippen LogP contribution in [0.2, 0.25) is 0 Å². The van der Waals surface area contributed by atoms with Crippen LogP contribution in [0.5, 0.6) is 5.75 Å². The van der Waals surface area contributed by atoms with E-state index in [1.165, 1.54) is 22.9 Å². The predicted molar refractivity (Wildman–Crippen MR) is 109 cm³/mol. The first-order chi connectivity index (χ1) is 13.7. The maximum atomic E-state index is 12.7. The number of methoxy groups -OCH3 is 1. The van der Waals surface area contributed by atoms with Crippen molar-refractivity contribution in [1.82, 2.24) is 9.88 Å². The summed E-state index contributed by atoms with van der Waals surface area (Å²) in [5.41, 5.74) is 3.76. The van der Waals surface area contributed by atoms with Crippen LogP contribution in [0.15, 0.2) is 53.6 Å². The fourth-order valence-electron chi connectivity index (χ4n) is 3.38. The number of thioether (sulfide) groups is 1. The zero-order valence-electron chi connectivity index (χ0n) is 15.5. The normalized spacial score (nSPS) is 13.1. The Labute approximate surface area is 167 Å². The third-order valence-corrected chi connectivity index (χ3v) is 5.90. The van der Waals surface area contributed by atoms with Crippen molar-refractivity contribution in [3.63, 3.8) is 0 Å². The molecule has 1 amide bonds. The van der Waals surface area contributed by atoms with Crippen molar-refractivity contribution >= 4 is 28.6 Å². The number of carbonyl (C=O) groups excluding carboxylic acids is 1. The van der Waals surface area contributed by atoms with Crippen molar-refractivity contribution < 1.29 is 9.53 Å². The molecule has 0 radical (unpaired) electrons. The zero-order chi connectivity index (χ0) is 19.5. The summed E-state index contributed by atoms with van der Waals surface area (Å²) in [6.07, 6.45) is 0.879. The second kappa shape index (κ2) is 7.91. The van der Waals surface area contributed by atoms with Gasteiger partial charge in [0.15, 0.2) is 0 Å². The molecule has 0 bridgehead atoms. The van der Waals surface area contributed by atoms with Gasteiger partial charge in [-0.15, -0.1) is 0 Å². The first-order valence-electron chi connectivity index (χ1n) is 9.04. The molecule has 2 aromatic carbocycles. The van der Waals surface area contributed by atoms with Gasteiger partial charge in [0.25, 0.3) is 0 Å². The fraction of sp³-hybridized carbons (Fsp3) is 0.227. The second-order valence-electron chi connectivity index (χ2n) is 6.63. The van der Waals surface area contributed by atoms with Crippen LogP contribution in [0, 0.1) is 11.3 Å². The van der Waals surface area contributed by atoms with Crippen LogP contribution in [0.1, 0.15) is 16.7 Å². The highest BCUT2D eigenvalue weighted by Crippen LogP contribution is 2.28. The number of hydrogen-bond donors (Lipinski definition) is 0. The molecule has 0 spiro atoms. The Kier molecular flexibility index (Phi) is 5.18. The molecule has 28 heavy (non-hydrogen) atoms. The van der Waals surface area contributed by atoms with Crippen molar-refractivity contribution in [2.75, 3.05) is 19.4 Å². The van der Waals surface area contributed by atoms with E-state index >= 15 is 0 Å². The molecular formula is C22H19N3O2S. The molecular weight excluding hydrogens is 370 g/mol. The molecule has 0 aliphatic carbocycles. The lowest BCUT2D eigenvalue weighted by molar-refractivity contribution is -0.129. The van der Waals surface area contributed by atoms with E-state index in [-0.39, 0.29) is 11.7 Å². The maximum Gasteiger partial charge on any atom is 0.233 e. The molecule has 0 atom stereocenters. The second-order valence-corrected chi connectivity index (χ2v) is 7.60. The molecule has 0 unspecified atom stereocenters. The maximum absolute atomic E-state index is 12.7. The Hall–Kier alpha value is -3.04. The molecule has 0 fully saturated rings. The molecule has 3 aromatic rings. The number of ether oxygens (including phenoxy) is 1. The molecule has 2 heterocycles. The molecule has 1 aromatic heterocycles. The molecule has 0 saturated heterocycles. The lowest BCUT2D eigenvalue weighted by atomic mass is 10.00. The molecule has 5 nitrogen and oxygen atoms in total. The predicted octanol–water partition coefficient (Wildman–Crippen LogP) is 3.79. The van der Waals surface area contributed by atoms with E-state index in [1.54, 1.807) is 7.11 Å². The van der Waals surface area contributed by atoms with Crippen LogP contribution in [-0.4, -0.2) is 35.2 Å². The van der Waals surface area contributed by atoms with Crippen molar-refractivity contribution in [3.8, 4) is 11.8 Å². The van der Waals surface area contributed by atoms with E-state index in [4.69, 9.17) is 4.74 Å². The molecule has 0 saturated carbocycles. The van der Waals surface area contributed by atoms with E-state index < -0.39 is 0 Å². The van der Waals surface area contributed by atoms with Gasteiger partial charge in [-0.3, -0.25) is 4.79 Å². The van der Waals surface area contributed by atoms with Gasteiger partial charge >= 0.3 is 0 Å². The van der Waals surface area contributed by atoms with Gasteiger partial charge in [-0.2, -0.15) is 5.26 Å². The number of amides is 1. The number of hydrogen-bond acceptors (Lipinski definition) is 5. The highest BCUT2D eigenvalue weighted by molar-refractivity contribution is 8.00. The summed E-state index contributed by atoms with van der Waals surface area (Å²) in [6, 6.07) is 17.8. The number of pyridine rings is 1.